The van der Waals surface area contributed by atoms with E-state index in [9.17, 15) is 14.7 Å². The third kappa shape index (κ3) is 5.50. The first kappa shape index (κ1) is 23.6. The second-order valence-corrected chi connectivity index (χ2v) is 8.95. The molecular formula is C26H32N4O4. The van der Waals surface area contributed by atoms with Crippen molar-refractivity contribution in [2.45, 2.75) is 51.1 Å². The summed E-state index contributed by atoms with van der Waals surface area (Å²) < 4.78 is 5.89. The van der Waals surface area contributed by atoms with Gasteiger partial charge in [0.25, 0.3) is 0 Å². The molecule has 4 rings (SSSR count). The number of carbonyl (C=O) groups is 2. The van der Waals surface area contributed by atoms with Gasteiger partial charge < -0.3 is 25.4 Å². The van der Waals surface area contributed by atoms with Crippen LogP contribution in [-0.4, -0.2) is 58.8 Å². The maximum Gasteiger partial charge on any atom is 0.222 e. The highest BCUT2D eigenvalue weighted by Crippen LogP contribution is 2.30. The number of benzene rings is 2. The summed E-state index contributed by atoms with van der Waals surface area (Å²) in [5.41, 5.74) is 7.98. The average molecular weight is 465 g/mol. The van der Waals surface area contributed by atoms with E-state index in [1.165, 1.54) is 18.9 Å². The van der Waals surface area contributed by atoms with Gasteiger partial charge in [-0.3, -0.25) is 9.59 Å². The molecule has 0 atom stereocenters. The Labute approximate surface area is 200 Å². The van der Waals surface area contributed by atoms with Gasteiger partial charge in [-0.05, 0) is 49.6 Å². The summed E-state index contributed by atoms with van der Waals surface area (Å²) in [5, 5.41) is 9.95. The minimum Gasteiger partial charge on any atom is -0.507 e. The number of hydrogen-bond donors (Lipinski definition) is 2. The molecule has 2 aromatic rings. The SMILES string of the molecule is CN(C(=O)CCCOc1ccc2c(c1)CN(CC(=O)c1ccccc1O)C(N)=N2)C1CCCC1. The van der Waals surface area contributed by atoms with E-state index in [0.29, 0.717) is 37.8 Å². The molecule has 3 N–H and O–H groups in total. The number of Topliss-reactive ketones (excluding diaryl/α,β-unsaturated/α-hetero) is 1. The van der Waals surface area contributed by atoms with Gasteiger partial charge in [-0.1, -0.05) is 25.0 Å². The predicted octanol–water partition coefficient (Wildman–Crippen LogP) is 3.60. The molecule has 1 aliphatic carbocycles. The van der Waals surface area contributed by atoms with Crippen LogP contribution in [0.3, 0.4) is 0 Å². The van der Waals surface area contributed by atoms with Crippen LogP contribution in [0.4, 0.5) is 5.69 Å². The molecule has 0 aromatic heterocycles. The number of nitrogens with zero attached hydrogens (tertiary/aromatic N) is 3. The van der Waals surface area contributed by atoms with Gasteiger partial charge in [0.1, 0.15) is 11.5 Å². The topological polar surface area (TPSA) is 108 Å². The fourth-order valence-electron chi connectivity index (χ4n) is 4.56. The number of phenols is 1. The number of ether oxygens (including phenoxy) is 1. The number of para-hydroxylation sites is 1. The van der Waals surface area contributed by atoms with E-state index >= 15 is 0 Å². The van der Waals surface area contributed by atoms with Crippen molar-refractivity contribution in [3.63, 3.8) is 0 Å². The lowest BCUT2D eigenvalue weighted by atomic mass is 10.1. The van der Waals surface area contributed by atoms with Gasteiger partial charge in [0.05, 0.1) is 24.4 Å². The Hall–Kier alpha value is -3.55. The molecule has 1 saturated carbocycles. The zero-order chi connectivity index (χ0) is 24.1. The average Bonchev–Trinajstić information content (AvgIpc) is 3.37. The number of aliphatic imine (C=N–C) groups is 1. The van der Waals surface area contributed by atoms with Crippen LogP contribution in [0.5, 0.6) is 11.5 Å². The number of ketones is 1. The van der Waals surface area contributed by atoms with Gasteiger partial charge in [0, 0.05) is 31.6 Å². The van der Waals surface area contributed by atoms with Crippen molar-refractivity contribution in [3.8, 4) is 11.5 Å². The van der Waals surface area contributed by atoms with Crippen molar-refractivity contribution in [3.05, 3.63) is 53.6 Å². The third-order valence-corrected chi connectivity index (χ3v) is 6.58. The van der Waals surface area contributed by atoms with Gasteiger partial charge in [0.15, 0.2) is 11.7 Å². The first-order valence-electron chi connectivity index (χ1n) is 11.8. The summed E-state index contributed by atoms with van der Waals surface area (Å²) >= 11 is 0. The molecule has 0 unspecified atom stereocenters. The zero-order valence-corrected chi connectivity index (χ0v) is 19.6. The Bertz CT molecular complexity index is 1080. The molecule has 1 fully saturated rings. The van der Waals surface area contributed by atoms with Crippen molar-refractivity contribution in [2.75, 3.05) is 20.2 Å². The lowest BCUT2D eigenvalue weighted by Gasteiger charge is -2.28. The summed E-state index contributed by atoms with van der Waals surface area (Å²) in [5.74, 6) is 0.840. The van der Waals surface area contributed by atoms with Crippen LogP contribution >= 0.6 is 0 Å². The van der Waals surface area contributed by atoms with Gasteiger partial charge in [-0.2, -0.15) is 0 Å². The standard InChI is InChI=1S/C26H32N4O4/c1-29(19-7-2-3-8-19)25(33)11-6-14-34-20-12-13-22-18(15-20)16-30(26(27)28-22)17-24(32)21-9-4-5-10-23(21)31/h4-5,9-10,12-13,15,19,31H,2-3,6-8,11,14,16-17H2,1H3,(H2,27,28). The number of aromatic hydroxyl groups is 1. The second kappa shape index (κ2) is 10.6. The van der Waals surface area contributed by atoms with Crippen molar-refractivity contribution < 1.29 is 19.4 Å². The van der Waals surface area contributed by atoms with Crippen LogP contribution in [0.2, 0.25) is 0 Å². The lowest BCUT2D eigenvalue weighted by molar-refractivity contribution is -0.132. The minimum atomic E-state index is -0.237. The van der Waals surface area contributed by atoms with Crippen LogP contribution in [-0.2, 0) is 11.3 Å². The van der Waals surface area contributed by atoms with Crippen LogP contribution in [0.1, 0.15) is 54.4 Å². The molecule has 0 radical (unpaired) electrons. The number of amides is 1. The monoisotopic (exact) mass is 464 g/mol. The number of nitrogens with two attached hydrogens (primary N) is 1. The molecule has 2 aromatic carbocycles. The van der Waals surface area contributed by atoms with Crippen molar-refractivity contribution in [2.24, 2.45) is 10.7 Å². The van der Waals surface area contributed by atoms with Crippen molar-refractivity contribution in [1.29, 1.82) is 0 Å². The molecule has 0 spiro atoms. The zero-order valence-electron chi connectivity index (χ0n) is 19.6. The fourth-order valence-corrected chi connectivity index (χ4v) is 4.56. The van der Waals surface area contributed by atoms with E-state index < -0.39 is 0 Å². The number of hydrogen-bond acceptors (Lipinski definition) is 7. The van der Waals surface area contributed by atoms with Crippen molar-refractivity contribution in [1.82, 2.24) is 9.80 Å². The highest BCUT2D eigenvalue weighted by molar-refractivity contribution is 6.01. The smallest absolute Gasteiger partial charge is 0.222 e. The maximum absolute atomic E-state index is 12.7. The molecule has 1 heterocycles. The van der Waals surface area contributed by atoms with Gasteiger partial charge in [-0.15, -0.1) is 0 Å². The lowest BCUT2D eigenvalue weighted by Crippen LogP contribution is -2.41. The fraction of sp³-hybridized carbons (Fsp3) is 0.423. The molecule has 0 bridgehead atoms. The van der Waals surface area contributed by atoms with E-state index in [-0.39, 0.29) is 35.5 Å². The van der Waals surface area contributed by atoms with Crippen LogP contribution in [0.25, 0.3) is 0 Å². The summed E-state index contributed by atoms with van der Waals surface area (Å²) in [4.78, 5) is 33.1. The maximum atomic E-state index is 12.7. The predicted molar refractivity (Wildman–Crippen MR) is 130 cm³/mol. The van der Waals surface area contributed by atoms with Gasteiger partial charge >= 0.3 is 0 Å². The van der Waals surface area contributed by atoms with Crippen LogP contribution in [0, 0.1) is 0 Å². The first-order valence-corrected chi connectivity index (χ1v) is 11.8. The summed E-state index contributed by atoms with van der Waals surface area (Å²) in [7, 11) is 1.91. The van der Waals surface area contributed by atoms with Crippen LogP contribution < -0.4 is 10.5 Å². The van der Waals surface area contributed by atoms with E-state index in [2.05, 4.69) is 4.99 Å². The number of guanidine groups is 1. The second-order valence-electron chi connectivity index (χ2n) is 8.95. The molecule has 8 nitrogen and oxygen atoms in total. The van der Waals surface area contributed by atoms with Crippen LogP contribution in [0.15, 0.2) is 47.5 Å². The Kier molecular flexibility index (Phi) is 7.35. The summed E-state index contributed by atoms with van der Waals surface area (Å²) in [6, 6.07) is 12.4. The number of carbonyl (C=O) groups excluding carboxylic acids is 2. The summed E-state index contributed by atoms with van der Waals surface area (Å²) in [6.45, 7) is 0.865. The van der Waals surface area contributed by atoms with Crippen molar-refractivity contribution >= 4 is 23.3 Å². The number of phenolic OH excluding ortho intramolecular Hbond substituents is 1. The minimum absolute atomic E-state index is 0.00799. The molecular weight excluding hydrogens is 432 g/mol. The first-order chi connectivity index (χ1) is 16.4. The van der Waals surface area contributed by atoms with E-state index in [1.54, 1.807) is 23.1 Å². The Morgan fingerprint density at radius 3 is 2.74 bits per heavy atom. The molecule has 0 saturated heterocycles. The highest BCUT2D eigenvalue weighted by atomic mass is 16.5. The summed E-state index contributed by atoms with van der Waals surface area (Å²) in [6.07, 6.45) is 5.76. The Morgan fingerprint density at radius 2 is 1.97 bits per heavy atom. The van der Waals surface area contributed by atoms with Gasteiger partial charge in [0.2, 0.25) is 5.91 Å². The van der Waals surface area contributed by atoms with E-state index in [1.807, 2.05) is 30.1 Å². The largest absolute Gasteiger partial charge is 0.507 e. The quantitative estimate of drug-likeness (QED) is 0.434. The normalized spacial score (nSPS) is 15.6. The number of rotatable bonds is 9. The van der Waals surface area contributed by atoms with E-state index in [0.717, 1.165) is 24.1 Å². The third-order valence-electron chi connectivity index (χ3n) is 6.58. The highest BCUT2D eigenvalue weighted by Gasteiger charge is 2.24. The molecule has 1 amide bonds. The number of fused-ring (bicyclic) bond motifs is 1. The van der Waals surface area contributed by atoms with Gasteiger partial charge in [-0.25, -0.2) is 4.99 Å². The Morgan fingerprint density at radius 1 is 1.21 bits per heavy atom. The Balaban J connectivity index is 1.30. The molecule has 34 heavy (non-hydrogen) atoms. The molecule has 1 aliphatic heterocycles. The molecule has 2 aliphatic rings. The molecule has 180 valence electrons. The molecule has 8 heteroatoms. The van der Waals surface area contributed by atoms with E-state index in [4.69, 9.17) is 10.5 Å².